The molecule has 1 aromatic rings. The summed E-state index contributed by atoms with van der Waals surface area (Å²) in [5.41, 5.74) is 0.384. The van der Waals surface area contributed by atoms with Crippen LogP contribution >= 0.6 is 0 Å². The zero-order valence-electron chi connectivity index (χ0n) is 12.5. The van der Waals surface area contributed by atoms with E-state index >= 15 is 0 Å². The number of hydrogen-bond acceptors (Lipinski definition) is 3. The van der Waals surface area contributed by atoms with E-state index in [1.54, 1.807) is 4.90 Å². The van der Waals surface area contributed by atoms with Gasteiger partial charge in [-0.15, -0.1) is 3.89 Å². The van der Waals surface area contributed by atoms with Crippen molar-refractivity contribution in [2.75, 3.05) is 13.1 Å². The molecule has 0 fully saturated rings. The summed E-state index contributed by atoms with van der Waals surface area (Å²) in [4.78, 5) is 13.7. The maximum Gasteiger partial charge on any atom is 0.332 e. The predicted octanol–water partition coefficient (Wildman–Crippen LogP) is 3.39. The third-order valence-corrected chi connectivity index (χ3v) is 4.07. The van der Waals surface area contributed by atoms with E-state index in [-0.39, 0.29) is 5.91 Å². The number of nitrogens with zero attached hydrogens (tertiary/aromatic N) is 1. The van der Waals surface area contributed by atoms with Gasteiger partial charge in [-0.1, -0.05) is 26.7 Å². The van der Waals surface area contributed by atoms with E-state index in [9.17, 15) is 17.1 Å². The van der Waals surface area contributed by atoms with Crippen LogP contribution in [-0.4, -0.2) is 32.3 Å². The van der Waals surface area contributed by atoms with Gasteiger partial charge in [-0.2, -0.15) is 8.42 Å². The summed E-state index contributed by atoms with van der Waals surface area (Å²) in [6, 6.07) is 4.97. The Morgan fingerprint density at radius 2 is 1.52 bits per heavy atom. The second kappa shape index (κ2) is 8.12. The first-order valence-corrected chi connectivity index (χ1v) is 8.62. The minimum atomic E-state index is -4.72. The van der Waals surface area contributed by atoms with Crippen LogP contribution < -0.4 is 0 Å². The molecule has 0 heterocycles. The number of benzene rings is 1. The number of hydrogen-bond donors (Lipinski definition) is 0. The Labute approximate surface area is 126 Å². The maximum absolute atomic E-state index is 12.8. The van der Waals surface area contributed by atoms with Gasteiger partial charge in [-0.05, 0) is 37.1 Å². The van der Waals surface area contributed by atoms with E-state index in [1.807, 2.05) is 0 Å². The van der Waals surface area contributed by atoms with Gasteiger partial charge in [0.25, 0.3) is 5.91 Å². The number of rotatable bonds is 8. The lowest BCUT2D eigenvalue weighted by Crippen LogP contribution is -2.32. The van der Waals surface area contributed by atoms with Gasteiger partial charge < -0.3 is 4.90 Å². The first-order valence-electron chi connectivity index (χ1n) is 7.24. The first kappa shape index (κ1) is 17.6. The fourth-order valence-electron chi connectivity index (χ4n) is 1.96. The van der Waals surface area contributed by atoms with Gasteiger partial charge >= 0.3 is 10.2 Å². The van der Waals surface area contributed by atoms with Crippen molar-refractivity contribution in [1.29, 1.82) is 0 Å². The minimum Gasteiger partial charge on any atom is -0.339 e. The monoisotopic (exact) mass is 315 g/mol. The predicted molar refractivity (Wildman–Crippen MR) is 80.5 cm³/mol. The van der Waals surface area contributed by atoms with Gasteiger partial charge in [0.2, 0.25) is 0 Å². The van der Waals surface area contributed by atoms with Crippen LogP contribution in [0.25, 0.3) is 0 Å². The van der Waals surface area contributed by atoms with Crippen LogP contribution in [0.3, 0.4) is 0 Å². The van der Waals surface area contributed by atoms with Crippen molar-refractivity contribution in [2.45, 2.75) is 44.4 Å². The van der Waals surface area contributed by atoms with Gasteiger partial charge in [0.15, 0.2) is 0 Å². The Kier molecular flexibility index (Phi) is 6.81. The summed E-state index contributed by atoms with van der Waals surface area (Å²) in [6.45, 7) is 5.48. The van der Waals surface area contributed by atoms with Gasteiger partial charge in [0.1, 0.15) is 0 Å². The summed E-state index contributed by atoms with van der Waals surface area (Å²) in [5.74, 6) is -0.139. The minimum absolute atomic E-state index is 0.139. The molecule has 0 unspecified atom stereocenters. The molecule has 0 spiro atoms. The van der Waals surface area contributed by atoms with Gasteiger partial charge in [0, 0.05) is 18.7 Å². The molecule has 0 aliphatic carbocycles. The molecular weight excluding hydrogens is 293 g/mol. The van der Waals surface area contributed by atoms with Crippen LogP contribution in [0.5, 0.6) is 0 Å². The molecule has 0 atom stereocenters. The molecule has 0 N–H and O–H groups in total. The Bertz CT molecular complexity index is 547. The van der Waals surface area contributed by atoms with E-state index in [2.05, 4.69) is 13.8 Å². The van der Waals surface area contributed by atoms with Crippen LogP contribution in [0, 0.1) is 0 Å². The highest BCUT2D eigenvalue weighted by atomic mass is 32.3. The van der Waals surface area contributed by atoms with Crippen LogP contribution in [0.4, 0.5) is 3.89 Å². The molecule has 0 saturated carbocycles. The van der Waals surface area contributed by atoms with E-state index in [4.69, 9.17) is 0 Å². The van der Waals surface area contributed by atoms with Crippen LogP contribution in [0.15, 0.2) is 29.2 Å². The SMILES string of the molecule is CCCCN(CCCC)C(=O)c1ccc(S(=O)(=O)F)cc1. The standard InChI is InChI=1S/C15H22FNO3S/c1-3-5-11-17(12-6-4-2)15(18)13-7-9-14(10-8-13)21(16,19)20/h7-10H,3-6,11-12H2,1-2H3. The van der Waals surface area contributed by atoms with Crippen LogP contribution in [0.2, 0.25) is 0 Å². The quantitative estimate of drug-likeness (QED) is 0.691. The van der Waals surface area contributed by atoms with E-state index < -0.39 is 15.1 Å². The maximum atomic E-state index is 12.8. The molecule has 1 amide bonds. The molecule has 4 nitrogen and oxygen atoms in total. The Hall–Kier alpha value is -1.43. The Morgan fingerprint density at radius 1 is 1.05 bits per heavy atom. The van der Waals surface area contributed by atoms with Crippen molar-refractivity contribution in [3.63, 3.8) is 0 Å². The third kappa shape index (κ3) is 5.46. The number of amides is 1. The fourth-order valence-corrected chi connectivity index (χ4v) is 2.42. The lowest BCUT2D eigenvalue weighted by Gasteiger charge is -2.22. The third-order valence-electron chi connectivity index (χ3n) is 3.23. The van der Waals surface area contributed by atoms with Crippen molar-refractivity contribution >= 4 is 16.1 Å². The molecule has 0 saturated heterocycles. The molecule has 1 aromatic carbocycles. The van der Waals surface area contributed by atoms with Gasteiger partial charge in [-0.3, -0.25) is 4.79 Å². The summed E-state index contributed by atoms with van der Waals surface area (Å²) < 4.78 is 34.4. The molecule has 1 rings (SSSR count). The lowest BCUT2D eigenvalue weighted by molar-refractivity contribution is 0.0751. The largest absolute Gasteiger partial charge is 0.339 e. The Balaban J connectivity index is 2.87. The highest BCUT2D eigenvalue weighted by Gasteiger charge is 2.17. The van der Waals surface area contributed by atoms with Crippen molar-refractivity contribution in [3.05, 3.63) is 29.8 Å². The number of carbonyl (C=O) groups is 1. The second-order valence-corrected chi connectivity index (χ2v) is 6.31. The highest BCUT2D eigenvalue weighted by molar-refractivity contribution is 7.86. The number of halogens is 1. The molecule has 0 aliphatic heterocycles. The van der Waals surface area contributed by atoms with Crippen molar-refractivity contribution in [2.24, 2.45) is 0 Å². The smallest absolute Gasteiger partial charge is 0.332 e. The second-order valence-electron chi connectivity index (χ2n) is 4.96. The molecule has 0 bridgehead atoms. The fraction of sp³-hybridized carbons (Fsp3) is 0.533. The molecule has 21 heavy (non-hydrogen) atoms. The average molecular weight is 315 g/mol. The molecule has 0 radical (unpaired) electrons. The van der Waals surface area contributed by atoms with E-state index in [0.29, 0.717) is 18.7 Å². The summed E-state index contributed by atoms with van der Waals surface area (Å²) in [5, 5.41) is 0. The summed E-state index contributed by atoms with van der Waals surface area (Å²) in [7, 11) is -4.72. The van der Waals surface area contributed by atoms with E-state index in [1.165, 1.54) is 12.1 Å². The topological polar surface area (TPSA) is 54.5 Å². The summed E-state index contributed by atoms with van der Waals surface area (Å²) >= 11 is 0. The normalized spacial score (nSPS) is 11.4. The molecule has 0 aromatic heterocycles. The molecule has 0 aliphatic rings. The first-order chi connectivity index (χ1) is 9.90. The van der Waals surface area contributed by atoms with Gasteiger partial charge in [0.05, 0.1) is 4.90 Å². The zero-order chi connectivity index (χ0) is 15.9. The van der Waals surface area contributed by atoms with Crippen LogP contribution in [-0.2, 0) is 10.2 Å². The van der Waals surface area contributed by atoms with Crippen molar-refractivity contribution < 1.29 is 17.1 Å². The summed E-state index contributed by atoms with van der Waals surface area (Å²) in [6.07, 6.45) is 3.84. The van der Waals surface area contributed by atoms with Crippen LogP contribution in [0.1, 0.15) is 49.9 Å². The lowest BCUT2D eigenvalue weighted by atomic mass is 10.1. The highest BCUT2D eigenvalue weighted by Crippen LogP contribution is 2.15. The number of carbonyl (C=O) groups excluding carboxylic acids is 1. The van der Waals surface area contributed by atoms with Crippen molar-refractivity contribution in [3.8, 4) is 0 Å². The zero-order valence-corrected chi connectivity index (χ0v) is 13.3. The Morgan fingerprint density at radius 3 is 1.90 bits per heavy atom. The average Bonchev–Trinajstić information content (AvgIpc) is 2.46. The molecule has 118 valence electrons. The van der Waals surface area contributed by atoms with E-state index in [0.717, 1.165) is 37.8 Å². The van der Waals surface area contributed by atoms with Crippen molar-refractivity contribution in [1.82, 2.24) is 4.90 Å². The van der Waals surface area contributed by atoms with Gasteiger partial charge in [-0.25, -0.2) is 0 Å². The molecular formula is C15H22FNO3S. The number of unbranched alkanes of at least 4 members (excludes halogenated alkanes) is 2. The molecule has 6 heteroatoms.